The number of nitriles is 1. The number of nitrogens with zero attached hydrogens (tertiary/aromatic N) is 10. The average molecular weight is 804 g/mol. The Balaban J connectivity index is 0.000000260. The normalized spacial score (nSPS) is 9.29. The van der Waals surface area contributed by atoms with Crippen molar-refractivity contribution in [3.05, 3.63) is 138 Å². The predicted molar refractivity (Wildman–Crippen MR) is 210 cm³/mol. The number of amides is 1. The van der Waals surface area contributed by atoms with Crippen molar-refractivity contribution in [2.75, 3.05) is 16.8 Å². The van der Waals surface area contributed by atoms with E-state index in [0.717, 1.165) is 27.8 Å². The van der Waals surface area contributed by atoms with Gasteiger partial charge >= 0.3 is 29.6 Å². The number of anilines is 3. The number of halogens is 1. The number of thiophene rings is 2. The Morgan fingerprint density at radius 1 is 0.782 bits per heavy atom. The summed E-state index contributed by atoms with van der Waals surface area (Å²) >= 11 is 7.86. The summed E-state index contributed by atoms with van der Waals surface area (Å²) in [6, 6.07) is 25.9. The maximum atomic E-state index is 12.1. The molecule has 0 saturated heterocycles. The number of aryl methyl sites for hydroxylation is 3. The molecule has 4 aromatic heterocycles. The largest absolute Gasteiger partial charge is 1.00 e. The molecule has 0 aliphatic rings. The van der Waals surface area contributed by atoms with Crippen molar-refractivity contribution >= 4 is 62.5 Å². The van der Waals surface area contributed by atoms with Gasteiger partial charge in [0.2, 0.25) is 11.6 Å². The quantitative estimate of drug-likeness (QED) is 0.0397. The first-order valence-corrected chi connectivity index (χ1v) is 17.4. The summed E-state index contributed by atoms with van der Waals surface area (Å²) < 4.78 is 0. The maximum Gasteiger partial charge on any atom is 1.00 e. The molecular formula is C34H31ClN15NaO2S2. The monoisotopic (exact) mass is 803 g/mol. The van der Waals surface area contributed by atoms with Crippen molar-refractivity contribution in [3.8, 4) is 28.8 Å². The third-order valence-corrected chi connectivity index (χ3v) is 8.64. The standard InChI is InChI=1S/C13H11N5OS.C8H9N5.C8H8N2.C5H3ClOS.N3.Na/c1-8-4-5-9(12-15-17-18-16-12)10(7-8)14-13(19)11-3-2-6-20-11;1-5-2-3-6(7(9)4-5)8-10-12-13-11-8;1-6-2-3-7(5-9)8(10)4-6;6-5(7)4-2-1-3-8-4;1-3-2;/h2-7H,1H3,(H,14,19)(H,15,16,17,18);2-4H,9H2,1H3,(H,10,11,12,13);2-4H,10H2,1H3;1-3H;;/q;;;;-1;+1. The molecule has 21 heteroatoms. The molecule has 0 bridgehead atoms. The van der Waals surface area contributed by atoms with Gasteiger partial charge in [0.05, 0.1) is 21.0 Å². The van der Waals surface area contributed by atoms with Gasteiger partial charge in [-0.3, -0.25) is 14.5 Å². The second-order valence-corrected chi connectivity index (χ2v) is 12.8. The van der Waals surface area contributed by atoms with Crippen LogP contribution in [-0.4, -0.2) is 52.4 Å². The Morgan fingerprint density at radius 3 is 1.71 bits per heavy atom. The van der Waals surface area contributed by atoms with E-state index >= 15 is 0 Å². The number of H-pyrrole nitrogens is 2. The first-order chi connectivity index (χ1) is 26.0. The van der Waals surface area contributed by atoms with Crippen LogP contribution in [-0.2, 0) is 0 Å². The Hall–Kier alpha value is -5.97. The number of carbonyl (C=O) groups excluding carboxylic acids is 2. The number of nitrogens with one attached hydrogen (secondary N) is 3. The SMILES string of the molecule is Cc1ccc(-c2nn[nH]n2)c(N)c1.Cc1ccc(-c2nn[nH]n2)c(NC(=O)c2cccs2)c1.Cc1ccc(C#N)c(N)c1.O=C(Cl)c1cccs1.[N-]=[N+]=[N-].[Na+]. The summed E-state index contributed by atoms with van der Waals surface area (Å²) in [5.41, 5.74) is 32.0. The van der Waals surface area contributed by atoms with E-state index in [4.69, 9.17) is 39.4 Å². The summed E-state index contributed by atoms with van der Waals surface area (Å²) in [7, 11) is 0. The molecule has 0 radical (unpaired) electrons. The molecule has 7 aromatic rings. The number of rotatable bonds is 5. The van der Waals surface area contributed by atoms with Crippen LogP contribution >= 0.6 is 34.3 Å². The number of benzene rings is 3. The molecule has 0 aliphatic heterocycles. The van der Waals surface area contributed by atoms with Crippen molar-refractivity contribution in [2.24, 2.45) is 0 Å². The summed E-state index contributed by atoms with van der Waals surface area (Å²) in [6.45, 7) is 5.88. The Morgan fingerprint density at radius 2 is 1.27 bits per heavy atom. The van der Waals surface area contributed by atoms with Crippen LogP contribution in [0.5, 0.6) is 0 Å². The number of aromatic nitrogens is 8. The molecule has 7 N–H and O–H groups in total. The van der Waals surface area contributed by atoms with Crippen molar-refractivity contribution in [3.63, 3.8) is 0 Å². The third-order valence-electron chi connectivity index (χ3n) is 6.59. The van der Waals surface area contributed by atoms with Gasteiger partial charge in [0, 0.05) is 22.5 Å². The minimum Gasteiger partial charge on any atom is -0.398 e. The fourth-order valence-electron chi connectivity index (χ4n) is 4.16. The number of nitrogens with two attached hydrogens (primary N) is 2. The van der Waals surface area contributed by atoms with Gasteiger partial charge < -0.3 is 27.8 Å². The second kappa shape index (κ2) is 23.6. The Labute approximate surface area is 349 Å². The summed E-state index contributed by atoms with van der Waals surface area (Å²) in [5, 5.41) is 42.1. The van der Waals surface area contributed by atoms with E-state index in [-0.39, 0.29) is 40.7 Å². The van der Waals surface area contributed by atoms with E-state index in [0.29, 0.717) is 44.0 Å². The third kappa shape index (κ3) is 14.8. The fraction of sp³-hybridized carbons (Fsp3) is 0.0882. The van der Waals surface area contributed by atoms with Crippen LogP contribution in [0.4, 0.5) is 17.1 Å². The van der Waals surface area contributed by atoms with E-state index in [9.17, 15) is 9.59 Å². The molecule has 0 atom stereocenters. The second-order valence-electron chi connectivity index (χ2n) is 10.6. The average Bonchev–Trinajstić information content (AvgIpc) is 3.98. The molecule has 0 spiro atoms. The topological polar surface area (TPSA) is 290 Å². The molecule has 3 aromatic carbocycles. The zero-order chi connectivity index (χ0) is 39.5. The van der Waals surface area contributed by atoms with Crippen molar-refractivity contribution in [2.45, 2.75) is 20.8 Å². The van der Waals surface area contributed by atoms with Crippen LogP contribution in [0.1, 0.15) is 41.6 Å². The molecule has 1 amide bonds. The number of aromatic amines is 2. The van der Waals surface area contributed by atoms with Crippen LogP contribution in [0.15, 0.2) is 89.6 Å². The first-order valence-electron chi connectivity index (χ1n) is 15.2. The summed E-state index contributed by atoms with van der Waals surface area (Å²) in [6.07, 6.45) is 0. The molecular weight excluding hydrogens is 773 g/mol. The molecule has 7 rings (SSSR count). The van der Waals surface area contributed by atoms with Gasteiger partial charge in [-0.1, -0.05) is 30.3 Å². The van der Waals surface area contributed by atoms with Crippen molar-refractivity contribution in [1.29, 1.82) is 5.26 Å². The van der Waals surface area contributed by atoms with Gasteiger partial charge in [-0.2, -0.15) is 15.7 Å². The number of hydrogen-bond donors (Lipinski definition) is 5. The minimum atomic E-state index is -0.375. The van der Waals surface area contributed by atoms with Crippen LogP contribution in [0.3, 0.4) is 0 Å². The van der Waals surface area contributed by atoms with Crippen LogP contribution in [0.25, 0.3) is 38.7 Å². The van der Waals surface area contributed by atoms with Gasteiger partial charge in [0.25, 0.3) is 11.1 Å². The van der Waals surface area contributed by atoms with Crippen molar-refractivity contribution in [1.82, 2.24) is 41.2 Å². The van der Waals surface area contributed by atoms with Gasteiger partial charge in [-0.15, -0.1) is 43.1 Å². The molecule has 17 nitrogen and oxygen atoms in total. The number of carbonyl (C=O) groups is 2. The molecule has 0 saturated carbocycles. The predicted octanol–water partition coefficient (Wildman–Crippen LogP) is 4.69. The van der Waals surface area contributed by atoms with E-state index in [1.807, 2.05) is 86.1 Å². The molecule has 55 heavy (non-hydrogen) atoms. The first kappa shape index (κ1) is 45.2. The molecule has 0 fully saturated rings. The number of tetrazole rings is 2. The van der Waals surface area contributed by atoms with Crippen LogP contribution in [0, 0.1) is 32.1 Å². The maximum absolute atomic E-state index is 12.1. The van der Waals surface area contributed by atoms with Crippen LogP contribution < -0.4 is 46.3 Å². The zero-order valence-electron chi connectivity index (χ0n) is 29.8. The van der Waals surface area contributed by atoms with E-state index < -0.39 is 0 Å². The van der Waals surface area contributed by atoms with Gasteiger partial charge in [0.1, 0.15) is 6.07 Å². The number of hydrogen-bond acceptors (Lipinski definition) is 13. The molecule has 4 heterocycles. The smallest absolute Gasteiger partial charge is 0.398 e. The Bertz CT molecular complexity index is 2310. The van der Waals surface area contributed by atoms with Gasteiger partial charge in [-0.25, -0.2) is 0 Å². The van der Waals surface area contributed by atoms with Crippen LogP contribution in [0.2, 0.25) is 0 Å². The van der Waals surface area contributed by atoms with E-state index in [2.05, 4.69) is 46.6 Å². The Kier molecular flexibility index (Phi) is 19.4. The van der Waals surface area contributed by atoms with Gasteiger partial charge in [0.15, 0.2) is 0 Å². The molecule has 274 valence electrons. The minimum absolute atomic E-state index is 0. The molecule has 0 aliphatic carbocycles. The summed E-state index contributed by atoms with van der Waals surface area (Å²) in [4.78, 5) is 25.2. The van der Waals surface area contributed by atoms with Gasteiger partial charge in [-0.05, 0) is 119 Å². The molecule has 0 unspecified atom stereocenters. The summed E-state index contributed by atoms with van der Waals surface area (Å²) in [5.74, 6) is 0.833. The van der Waals surface area contributed by atoms with Crippen molar-refractivity contribution < 1.29 is 39.1 Å². The fourth-order valence-corrected chi connectivity index (χ4v) is 5.53. The number of nitrogen functional groups attached to an aromatic ring is 2. The van der Waals surface area contributed by atoms with E-state index in [1.165, 1.54) is 27.6 Å². The zero-order valence-corrected chi connectivity index (χ0v) is 34.2. The van der Waals surface area contributed by atoms with E-state index in [1.54, 1.807) is 30.3 Å².